The zero-order chi connectivity index (χ0) is 19.8. The van der Waals surface area contributed by atoms with E-state index < -0.39 is 11.8 Å². The number of carbonyl (C=O) groups excluding carboxylic acids is 2. The number of anilines is 1. The zero-order valence-electron chi connectivity index (χ0n) is 16.2. The van der Waals surface area contributed by atoms with Crippen LogP contribution < -0.4 is 10.6 Å². The van der Waals surface area contributed by atoms with Crippen LogP contribution in [0.25, 0.3) is 0 Å². The first kappa shape index (κ1) is 20.0. The van der Waals surface area contributed by atoms with Crippen molar-refractivity contribution in [1.82, 2.24) is 10.2 Å². The van der Waals surface area contributed by atoms with Gasteiger partial charge in [0.2, 0.25) is 0 Å². The van der Waals surface area contributed by atoms with Crippen molar-refractivity contribution < 1.29 is 14.3 Å². The summed E-state index contributed by atoms with van der Waals surface area (Å²) in [4.78, 5) is 26.3. The van der Waals surface area contributed by atoms with E-state index in [1.807, 2.05) is 42.5 Å². The van der Waals surface area contributed by atoms with Gasteiger partial charge in [0.1, 0.15) is 0 Å². The van der Waals surface area contributed by atoms with Gasteiger partial charge in [-0.05, 0) is 29.7 Å². The topological polar surface area (TPSA) is 70.7 Å². The number of morpholine rings is 1. The van der Waals surface area contributed by atoms with Crippen molar-refractivity contribution in [3.8, 4) is 0 Å². The number of hydrogen-bond acceptors (Lipinski definition) is 4. The molecule has 2 aromatic rings. The molecule has 6 heteroatoms. The van der Waals surface area contributed by atoms with Gasteiger partial charge < -0.3 is 15.4 Å². The minimum atomic E-state index is -0.645. The molecule has 1 atom stereocenters. The second-order valence-corrected chi connectivity index (χ2v) is 6.83. The number of nitrogens with zero attached hydrogens (tertiary/aromatic N) is 1. The van der Waals surface area contributed by atoms with E-state index in [0.717, 1.165) is 25.1 Å². The molecular weight excluding hydrogens is 354 g/mol. The number of rotatable bonds is 6. The minimum Gasteiger partial charge on any atom is -0.371 e. The molecule has 2 amide bonds. The smallest absolute Gasteiger partial charge is 0.313 e. The number of aryl methyl sites for hydroxylation is 1. The summed E-state index contributed by atoms with van der Waals surface area (Å²) in [6.07, 6.45) is 0.974. The standard InChI is InChI=1S/C22H27N3O3/c1-2-17-8-10-19(11-9-17)24-22(27)21(26)23-12-13-25-14-15-28-20(16-25)18-6-4-3-5-7-18/h3-11,20H,2,12-16H2,1H3,(H,23,26)(H,24,27). The quantitative estimate of drug-likeness (QED) is 0.754. The maximum absolute atomic E-state index is 12.0. The highest BCUT2D eigenvalue weighted by atomic mass is 16.5. The number of ether oxygens (including phenoxy) is 1. The Bertz CT molecular complexity index is 777. The van der Waals surface area contributed by atoms with Crippen LogP contribution >= 0.6 is 0 Å². The molecule has 28 heavy (non-hydrogen) atoms. The van der Waals surface area contributed by atoms with Gasteiger partial charge in [0.15, 0.2) is 0 Å². The molecule has 1 aliphatic rings. The monoisotopic (exact) mass is 381 g/mol. The van der Waals surface area contributed by atoms with Crippen molar-refractivity contribution in [2.45, 2.75) is 19.4 Å². The molecule has 0 radical (unpaired) electrons. The highest BCUT2D eigenvalue weighted by molar-refractivity contribution is 6.39. The van der Waals surface area contributed by atoms with E-state index in [4.69, 9.17) is 4.74 Å². The zero-order valence-corrected chi connectivity index (χ0v) is 16.2. The van der Waals surface area contributed by atoms with Crippen molar-refractivity contribution in [3.05, 3.63) is 65.7 Å². The fraction of sp³-hybridized carbons (Fsp3) is 0.364. The molecular formula is C22H27N3O3. The van der Waals surface area contributed by atoms with Crippen LogP contribution in [0.15, 0.2) is 54.6 Å². The Balaban J connectivity index is 1.41. The van der Waals surface area contributed by atoms with E-state index in [1.165, 1.54) is 5.56 Å². The normalized spacial score (nSPS) is 17.1. The first-order chi connectivity index (χ1) is 13.7. The third-order valence-corrected chi connectivity index (χ3v) is 4.86. The van der Waals surface area contributed by atoms with E-state index in [9.17, 15) is 9.59 Å². The Kier molecular flexibility index (Phi) is 7.17. The van der Waals surface area contributed by atoms with Crippen LogP contribution in [0.5, 0.6) is 0 Å². The van der Waals surface area contributed by atoms with Gasteiger partial charge in [-0.2, -0.15) is 0 Å². The van der Waals surface area contributed by atoms with Crippen molar-refractivity contribution >= 4 is 17.5 Å². The third-order valence-electron chi connectivity index (χ3n) is 4.86. The third kappa shape index (κ3) is 5.65. The molecule has 0 bridgehead atoms. The first-order valence-electron chi connectivity index (χ1n) is 9.72. The van der Waals surface area contributed by atoms with Gasteiger partial charge >= 0.3 is 11.8 Å². The summed E-state index contributed by atoms with van der Waals surface area (Å²) < 4.78 is 5.85. The summed E-state index contributed by atoms with van der Waals surface area (Å²) in [6.45, 7) is 5.41. The van der Waals surface area contributed by atoms with Gasteiger partial charge in [0.25, 0.3) is 0 Å². The Morgan fingerprint density at radius 2 is 1.82 bits per heavy atom. The van der Waals surface area contributed by atoms with Crippen molar-refractivity contribution in [2.75, 3.05) is 38.1 Å². The molecule has 0 aliphatic carbocycles. The molecule has 148 valence electrons. The van der Waals surface area contributed by atoms with Gasteiger partial charge in [-0.3, -0.25) is 14.5 Å². The Labute approximate surface area is 165 Å². The molecule has 2 aromatic carbocycles. The molecule has 1 heterocycles. The summed E-state index contributed by atoms with van der Waals surface area (Å²) in [7, 11) is 0. The second-order valence-electron chi connectivity index (χ2n) is 6.83. The molecule has 0 saturated carbocycles. The van der Waals surface area contributed by atoms with Gasteiger partial charge in [-0.25, -0.2) is 0 Å². The lowest BCUT2D eigenvalue weighted by Crippen LogP contribution is -2.44. The van der Waals surface area contributed by atoms with Crippen LogP contribution in [-0.2, 0) is 20.7 Å². The fourth-order valence-corrected chi connectivity index (χ4v) is 3.19. The average Bonchev–Trinajstić information content (AvgIpc) is 2.75. The lowest BCUT2D eigenvalue weighted by molar-refractivity contribution is -0.136. The molecule has 0 aromatic heterocycles. The number of benzene rings is 2. The first-order valence-corrected chi connectivity index (χ1v) is 9.72. The number of hydrogen-bond donors (Lipinski definition) is 2. The summed E-state index contributed by atoms with van der Waals surface area (Å²) >= 11 is 0. The van der Waals surface area contributed by atoms with E-state index in [-0.39, 0.29) is 6.10 Å². The predicted octanol–water partition coefficient (Wildman–Crippen LogP) is 2.38. The SMILES string of the molecule is CCc1ccc(NC(=O)C(=O)NCCN2CCOC(c3ccccc3)C2)cc1. The Hall–Kier alpha value is -2.70. The summed E-state index contributed by atoms with van der Waals surface area (Å²) in [5.41, 5.74) is 2.96. The van der Waals surface area contributed by atoms with Gasteiger partial charge in [0, 0.05) is 31.9 Å². The van der Waals surface area contributed by atoms with Gasteiger partial charge in [-0.15, -0.1) is 0 Å². The highest BCUT2D eigenvalue weighted by Gasteiger charge is 2.22. The maximum Gasteiger partial charge on any atom is 0.313 e. The molecule has 1 fully saturated rings. The second kappa shape index (κ2) is 10.0. The van der Waals surface area contributed by atoms with Crippen LogP contribution in [0.2, 0.25) is 0 Å². The van der Waals surface area contributed by atoms with Crippen LogP contribution in [0.3, 0.4) is 0 Å². The van der Waals surface area contributed by atoms with Crippen LogP contribution in [-0.4, -0.2) is 49.5 Å². The molecule has 0 spiro atoms. The number of nitrogens with one attached hydrogen (secondary N) is 2. The van der Waals surface area contributed by atoms with E-state index in [1.54, 1.807) is 0 Å². The fourth-order valence-electron chi connectivity index (χ4n) is 3.19. The Morgan fingerprint density at radius 1 is 1.07 bits per heavy atom. The summed E-state index contributed by atoms with van der Waals surface area (Å²) in [5, 5.41) is 5.32. The average molecular weight is 381 g/mol. The van der Waals surface area contributed by atoms with Crippen LogP contribution in [0, 0.1) is 0 Å². The minimum absolute atomic E-state index is 0.0417. The van der Waals surface area contributed by atoms with Crippen LogP contribution in [0.4, 0.5) is 5.69 Å². The molecule has 1 aliphatic heterocycles. The van der Waals surface area contributed by atoms with Gasteiger partial charge in [-0.1, -0.05) is 49.4 Å². The lowest BCUT2D eigenvalue weighted by atomic mass is 10.1. The molecule has 3 rings (SSSR count). The molecule has 1 saturated heterocycles. The van der Waals surface area contributed by atoms with E-state index in [2.05, 4.69) is 34.6 Å². The van der Waals surface area contributed by atoms with Gasteiger partial charge in [0.05, 0.1) is 12.7 Å². The molecule has 2 N–H and O–H groups in total. The van der Waals surface area contributed by atoms with Crippen LogP contribution in [0.1, 0.15) is 24.2 Å². The van der Waals surface area contributed by atoms with Crippen molar-refractivity contribution in [1.29, 1.82) is 0 Å². The highest BCUT2D eigenvalue weighted by Crippen LogP contribution is 2.21. The summed E-state index contributed by atoms with van der Waals surface area (Å²) in [5.74, 6) is -1.26. The Morgan fingerprint density at radius 3 is 2.54 bits per heavy atom. The largest absolute Gasteiger partial charge is 0.371 e. The summed E-state index contributed by atoms with van der Waals surface area (Å²) in [6, 6.07) is 17.6. The molecule has 6 nitrogen and oxygen atoms in total. The van der Waals surface area contributed by atoms with E-state index >= 15 is 0 Å². The number of carbonyl (C=O) groups is 2. The predicted molar refractivity (Wildman–Crippen MR) is 109 cm³/mol. The van der Waals surface area contributed by atoms with Crippen molar-refractivity contribution in [3.63, 3.8) is 0 Å². The van der Waals surface area contributed by atoms with Crippen molar-refractivity contribution in [2.24, 2.45) is 0 Å². The lowest BCUT2D eigenvalue weighted by Gasteiger charge is -2.33. The number of amides is 2. The van der Waals surface area contributed by atoms with E-state index in [0.29, 0.717) is 25.4 Å². The molecule has 1 unspecified atom stereocenters. The maximum atomic E-state index is 12.0.